The third-order valence-corrected chi connectivity index (χ3v) is 4.31. The van der Waals surface area contributed by atoms with E-state index in [2.05, 4.69) is 20.4 Å². The van der Waals surface area contributed by atoms with Crippen LogP contribution in [0.5, 0.6) is 0 Å². The van der Waals surface area contributed by atoms with Gasteiger partial charge in [-0.15, -0.1) is 5.11 Å². The van der Waals surface area contributed by atoms with Crippen LogP contribution < -0.4 is 5.56 Å². The number of benzene rings is 3. The molecule has 1 heterocycles. The lowest BCUT2D eigenvalue weighted by atomic mass is 10.0. The van der Waals surface area contributed by atoms with Crippen molar-refractivity contribution in [3.63, 3.8) is 0 Å². The molecule has 4 rings (SSSR count). The molecule has 132 valence electrons. The minimum absolute atomic E-state index is 0.0524. The number of aromatic amines is 2. The Morgan fingerprint density at radius 2 is 1.67 bits per heavy atom. The summed E-state index contributed by atoms with van der Waals surface area (Å²) in [4.78, 5) is 23.7. The van der Waals surface area contributed by atoms with E-state index in [4.69, 9.17) is 0 Å². The number of Topliss-reactive ketones (excluding diaryl/α,β-unsaturated/α-hetero) is 1. The lowest BCUT2D eigenvalue weighted by Gasteiger charge is -2.02. The number of nitrogens with zero attached hydrogens (tertiary/aromatic N) is 2. The highest BCUT2D eigenvalue weighted by molar-refractivity contribution is 5.94. The first-order valence-corrected chi connectivity index (χ1v) is 8.44. The van der Waals surface area contributed by atoms with Crippen LogP contribution in [-0.2, 0) is 0 Å². The first-order valence-electron chi connectivity index (χ1n) is 8.44. The Hall–Kier alpha value is -3.80. The lowest BCUT2D eigenvalue weighted by Crippen LogP contribution is -1.96. The van der Waals surface area contributed by atoms with Crippen molar-refractivity contribution in [1.82, 2.24) is 10.2 Å². The molecule has 27 heavy (non-hydrogen) atoms. The van der Waals surface area contributed by atoms with E-state index in [9.17, 15) is 9.59 Å². The Balaban J connectivity index is 1.74. The second kappa shape index (κ2) is 6.84. The van der Waals surface area contributed by atoms with E-state index in [1.165, 1.54) is 6.92 Å². The summed E-state index contributed by atoms with van der Waals surface area (Å²) >= 11 is 0. The molecule has 0 aliphatic rings. The van der Waals surface area contributed by atoms with Gasteiger partial charge in [0.25, 0.3) is 5.56 Å². The molecule has 0 saturated carbocycles. The average molecular weight is 356 g/mol. The average Bonchev–Trinajstić information content (AvgIpc) is 3.06. The summed E-state index contributed by atoms with van der Waals surface area (Å²) in [7, 11) is 0. The van der Waals surface area contributed by atoms with Crippen molar-refractivity contribution >= 4 is 27.9 Å². The number of carbonyl (C=O) groups is 1. The van der Waals surface area contributed by atoms with Crippen LogP contribution in [0.1, 0.15) is 17.3 Å². The zero-order valence-corrected chi connectivity index (χ0v) is 14.6. The molecule has 0 aliphatic heterocycles. The van der Waals surface area contributed by atoms with E-state index in [1.807, 2.05) is 42.5 Å². The summed E-state index contributed by atoms with van der Waals surface area (Å²) < 4.78 is 0. The molecule has 0 amide bonds. The summed E-state index contributed by atoms with van der Waals surface area (Å²) in [6.07, 6.45) is 0. The van der Waals surface area contributed by atoms with E-state index >= 15 is 0 Å². The van der Waals surface area contributed by atoms with Gasteiger partial charge < -0.3 is 0 Å². The number of ketones is 1. The molecule has 0 saturated heterocycles. The van der Waals surface area contributed by atoms with Crippen molar-refractivity contribution in [3.05, 3.63) is 82.6 Å². The van der Waals surface area contributed by atoms with E-state index in [0.29, 0.717) is 16.9 Å². The number of H-pyrrole nitrogens is 2. The fourth-order valence-corrected chi connectivity index (χ4v) is 2.90. The predicted molar refractivity (Wildman–Crippen MR) is 105 cm³/mol. The van der Waals surface area contributed by atoms with Crippen LogP contribution in [0.4, 0.5) is 11.4 Å². The van der Waals surface area contributed by atoms with Gasteiger partial charge in [-0.2, -0.15) is 5.11 Å². The van der Waals surface area contributed by atoms with E-state index < -0.39 is 0 Å². The van der Waals surface area contributed by atoms with Crippen molar-refractivity contribution in [3.8, 4) is 11.3 Å². The third-order valence-electron chi connectivity index (χ3n) is 4.31. The van der Waals surface area contributed by atoms with Crippen LogP contribution in [0.15, 0.2) is 81.8 Å². The van der Waals surface area contributed by atoms with Crippen LogP contribution in [-0.4, -0.2) is 16.0 Å². The van der Waals surface area contributed by atoms with Gasteiger partial charge in [0.05, 0.1) is 11.4 Å². The lowest BCUT2D eigenvalue weighted by molar-refractivity contribution is 0.101. The number of hydrogen-bond acceptors (Lipinski definition) is 4. The van der Waals surface area contributed by atoms with E-state index in [1.54, 1.807) is 24.3 Å². The monoisotopic (exact) mass is 356 g/mol. The molecule has 0 unspecified atom stereocenters. The number of hydrogen-bond donors (Lipinski definition) is 2. The second-order valence-corrected chi connectivity index (χ2v) is 6.17. The molecule has 0 aliphatic carbocycles. The highest BCUT2D eigenvalue weighted by Crippen LogP contribution is 2.29. The van der Waals surface area contributed by atoms with E-state index in [-0.39, 0.29) is 17.0 Å². The van der Waals surface area contributed by atoms with Gasteiger partial charge in [0.2, 0.25) is 0 Å². The Kier molecular flexibility index (Phi) is 4.22. The Morgan fingerprint density at radius 3 is 2.48 bits per heavy atom. The smallest absolute Gasteiger partial charge is 0.292 e. The molecule has 6 heteroatoms. The molecule has 0 fully saturated rings. The molecular weight excluding hydrogens is 340 g/mol. The molecule has 1 aromatic heterocycles. The molecule has 2 N–H and O–H groups in total. The maximum atomic E-state index is 12.2. The van der Waals surface area contributed by atoms with Crippen molar-refractivity contribution in [2.24, 2.45) is 10.2 Å². The Morgan fingerprint density at radius 1 is 0.852 bits per heavy atom. The number of azo groups is 1. The quantitative estimate of drug-likeness (QED) is 0.391. The van der Waals surface area contributed by atoms with Crippen molar-refractivity contribution in [2.45, 2.75) is 6.92 Å². The van der Waals surface area contributed by atoms with Crippen molar-refractivity contribution in [1.29, 1.82) is 0 Å². The molecule has 0 radical (unpaired) electrons. The van der Waals surface area contributed by atoms with Crippen LogP contribution in [0.25, 0.3) is 22.0 Å². The van der Waals surface area contributed by atoms with Gasteiger partial charge in [-0.1, -0.05) is 48.5 Å². The highest BCUT2D eigenvalue weighted by atomic mass is 16.1. The van der Waals surface area contributed by atoms with E-state index in [0.717, 1.165) is 16.3 Å². The molecule has 0 spiro atoms. The molecule has 4 aromatic rings. The van der Waals surface area contributed by atoms with Crippen LogP contribution in [0, 0.1) is 0 Å². The summed E-state index contributed by atoms with van der Waals surface area (Å²) in [5, 5.41) is 15.9. The normalized spacial score (nSPS) is 11.3. The summed E-state index contributed by atoms with van der Waals surface area (Å²) in [5.74, 6) is -0.0524. The van der Waals surface area contributed by atoms with Crippen LogP contribution in [0.2, 0.25) is 0 Å². The number of rotatable bonds is 4. The highest BCUT2D eigenvalue weighted by Gasteiger charge is 2.12. The predicted octanol–water partition coefficient (Wildman–Crippen LogP) is 5.14. The summed E-state index contributed by atoms with van der Waals surface area (Å²) in [6.45, 7) is 1.49. The maximum absolute atomic E-state index is 12.2. The zero-order chi connectivity index (χ0) is 18.8. The third kappa shape index (κ3) is 3.32. The topological polar surface area (TPSA) is 90.4 Å². The van der Waals surface area contributed by atoms with Crippen molar-refractivity contribution < 1.29 is 4.79 Å². The molecule has 6 nitrogen and oxygen atoms in total. The standard InChI is InChI=1S/C21H16N4O2/c1-13(26)15-7-4-8-18(12-15)22-24-20-19(23-25-21(20)27)17-10-9-14-5-2-3-6-16(14)11-17/h2-12H,1H3,(H2,23,25,27). The molecule has 0 bridgehead atoms. The SMILES string of the molecule is CC(=O)c1cccc(N=Nc2c(-c3ccc4ccccc4c3)[nH][nH]c2=O)c1. The molecular formula is C21H16N4O2. The summed E-state index contributed by atoms with van der Waals surface area (Å²) in [6, 6.07) is 20.7. The minimum Gasteiger partial charge on any atom is -0.295 e. The number of aromatic nitrogens is 2. The van der Waals surface area contributed by atoms with Gasteiger partial charge >= 0.3 is 0 Å². The first-order chi connectivity index (χ1) is 13.1. The second-order valence-electron chi connectivity index (χ2n) is 6.17. The Bertz CT molecular complexity index is 1230. The van der Waals surface area contributed by atoms with Crippen LogP contribution >= 0.6 is 0 Å². The first kappa shape index (κ1) is 16.7. The number of fused-ring (bicyclic) bond motifs is 1. The maximum Gasteiger partial charge on any atom is 0.292 e. The summed E-state index contributed by atoms with van der Waals surface area (Å²) in [5.41, 5.74) is 2.29. The zero-order valence-electron chi connectivity index (χ0n) is 14.6. The number of nitrogens with one attached hydrogen (secondary N) is 2. The fourth-order valence-electron chi connectivity index (χ4n) is 2.90. The Labute approximate surface area is 154 Å². The molecule has 3 aromatic carbocycles. The van der Waals surface area contributed by atoms with Crippen LogP contribution in [0.3, 0.4) is 0 Å². The molecule has 0 atom stereocenters. The largest absolute Gasteiger partial charge is 0.295 e. The van der Waals surface area contributed by atoms with Gasteiger partial charge in [0.15, 0.2) is 11.5 Å². The van der Waals surface area contributed by atoms with Crippen molar-refractivity contribution in [2.75, 3.05) is 0 Å². The van der Waals surface area contributed by atoms with Gasteiger partial charge in [-0.25, -0.2) is 0 Å². The minimum atomic E-state index is -0.357. The number of carbonyl (C=O) groups excluding carboxylic acids is 1. The van der Waals surface area contributed by atoms with Gasteiger partial charge in [0.1, 0.15) is 0 Å². The fraction of sp³-hybridized carbons (Fsp3) is 0.0476. The van der Waals surface area contributed by atoms with Gasteiger partial charge in [0, 0.05) is 11.1 Å². The van der Waals surface area contributed by atoms with Gasteiger partial charge in [-0.05, 0) is 35.9 Å². The van der Waals surface area contributed by atoms with Gasteiger partial charge in [-0.3, -0.25) is 19.8 Å².